The lowest BCUT2D eigenvalue weighted by Gasteiger charge is -2.08. The molecule has 0 amide bonds. The molecule has 0 radical (unpaired) electrons. The van der Waals surface area contributed by atoms with Crippen molar-refractivity contribution in [2.45, 2.75) is 84.0 Å². The topological polar surface area (TPSA) is 52.4 Å². The smallest absolute Gasteiger partial charge is 0.312 e. The maximum atomic E-state index is 13.5. The molecule has 0 aromatic heterocycles. The van der Waals surface area contributed by atoms with Crippen LogP contribution in [0.15, 0.2) is 16.6 Å². The average Bonchev–Trinajstić information content (AvgIpc) is 2.61. The van der Waals surface area contributed by atoms with Crippen LogP contribution in [0.3, 0.4) is 0 Å². The van der Waals surface area contributed by atoms with Crippen LogP contribution in [0, 0.1) is 15.9 Å². The van der Waals surface area contributed by atoms with Gasteiger partial charge in [-0.1, -0.05) is 77.6 Å². The number of ether oxygens (including phenoxy) is 1. The van der Waals surface area contributed by atoms with Crippen LogP contribution in [0.25, 0.3) is 0 Å². The van der Waals surface area contributed by atoms with Crippen LogP contribution >= 0.6 is 15.9 Å². The van der Waals surface area contributed by atoms with E-state index in [1.54, 1.807) is 0 Å². The van der Waals surface area contributed by atoms with Gasteiger partial charge in [0, 0.05) is 12.1 Å². The molecule has 0 bridgehead atoms. The fourth-order valence-corrected chi connectivity index (χ4v) is 3.23. The Kier molecular flexibility index (Phi) is 12.3. The minimum Gasteiger partial charge on any atom is -0.487 e. The predicted octanol–water partition coefficient (Wildman–Crippen LogP) is 7.58. The standard InChI is InChI=1S/C20H31BrFNO3/c1-2-3-4-5-6-7-8-9-10-11-12-13-14-26-20-16-18(22)17(21)15-19(20)23(24)25/h15-16H,2-14H2,1H3. The Morgan fingerprint density at radius 1 is 0.962 bits per heavy atom. The Balaban J connectivity index is 2.08. The van der Waals surface area contributed by atoms with Crippen molar-refractivity contribution in [3.05, 3.63) is 32.5 Å². The molecule has 148 valence electrons. The monoisotopic (exact) mass is 431 g/mol. The van der Waals surface area contributed by atoms with E-state index in [-0.39, 0.29) is 15.9 Å². The lowest BCUT2D eigenvalue weighted by molar-refractivity contribution is -0.386. The van der Waals surface area contributed by atoms with Gasteiger partial charge < -0.3 is 4.74 Å². The van der Waals surface area contributed by atoms with E-state index in [0.717, 1.165) is 31.4 Å². The number of unbranched alkanes of at least 4 members (excludes halogenated alkanes) is 11. The number of hydrogen-bond acceptors (Lipinski definition) is 3. The summed E-state index contributed by atoms with van der Waals surface area (Å²) in [5, 5.41) is 11.0. The number of hydrogen-bond donors (Lipinski definition) is 0. The first-order valence-corrected chi connectivity index (χ1v) is 10.6. The van der Waals surface area contributed by atoms with Crippen molar-refractivity contribution in [3.63, 3.8) is 0 Å². The van der Waals surface area contributed by atoms with Gasteiger partial charge in [-0.3, -0.25) is 10.1 Å². The van der Waals surface area contributed by atoms with Crippen molar-refractivity contribution in [2.75, 3.05) is 6.61 Å². The first-order valence-electron chi connectivity index (χ1n) is 9.82. The van der Waals surface area contributed by atoms with Gasteiger partial charge in [-0.15, -0.1) is 0 Å². The minimum atomic E-state index is -0.555. The summed E-state index contributed by atoms with van der Waals surface area (Å²) in [4.78, 5) is 10.4. The molecule has 0 heterocycles. The van der Waals surface area contributed by atoms with Crippen LogP contribution in [0.1, 0.15) is 84.0 Å². The Morgan fingerprint density at radius 3 is 1.96 bits per heavy atom. The Labute approximate surface area is 164 Å². The molecule has 1 aromatic carbocycles. The zero-order valence-electron chi connectivity index (χ0n) is 15.8. The van der Waals surface area contributed by atoms with Crippen molar-refractivity contribution in [2.24, 2.45) is 0 Å². The van der Waals surface area contributed by atoms with E-state index in [1.807, 2.05) is 0 Å². The fourth-order valence-electron chi connectivity index (χ4n) is 2.90. The third-order valence-corrected chi connectivity index (χ3v) is 5.06. The number of benzene rings is 1. The van der Waals surface area contributed by atoms with E-state index in [1.165, 1.54) is 57.8 Å². The number of nitro groups is 1. The summed E-state index contributed by atoms with van der Waals surface area (Å²) >= 11 is 2.96. The lowest BCUT2D eigenvalue weighted by Crippen LogP contribution is -2.01. The molecule has 4 nitrogen and oxygen atoms in total. The molecule has 0 unspecified atom stereocenters. The first kappa shape index (κ1) is 22.9. The molecule has 1 aromatic rings. The third-order valence-electron chi connectivity index (χ3n) is 4.45. The molecule has 0 aliphatic rings. The van der Waals surface area contributed by atoms with Gasteiger partial charge in [0.25, 0.3) is 0 Å². The number of nitro benzene ring substituents is 1. The Hall–Kier alpha value is -1.17. The van der Waals surface area contributed by atoms with Gasteiger partial charge in [0.05, 0.1) is 16.0 Å². The summed E-state index contributed by atoms with van der Waals surface area (Å²) in [7, 11) is 0. The molecular formula is C20H31BrFNO3. The maximum absolute atomic E-state index is 13.5. The van der Waals surface area contributed by atoms with Crippen LogP contribution in [0.4, 0.5) is 10.1 Å². The van der Waals surface area contributed by atoms with Crippen molar-refractivity contribution >= 4 is 21.6 Å². The van der Waals surface area contributed by atoms with Gasteiger partial charge in [0.2, 0.25) is 0 Å². The van der Waals surface area contributed by atoms with Crippen molar-refractivity contribution in [1.29, 1.82) is 0 Å². The van der Waals surface area contributed by atoms with Gasteiger partial charge >= 0.3 is 5.69 Å². The highest BCUT2D eigenvalue weighted by atomic mass is 79.9. The zero-order valence-corrected chi connectivity index (χ0v) is 17.4. The van der Waals surface area contributed by atoms with E-state index < -0.39 is 10.7 Å². The number of rotatable bonds is 15. The van der Waals surface area contributed by atoms with E-state index in [2.05, 4.69) is 22.9 Å². The van der Waals surface area contributed by atoms with Crippen molar-refractivity contribution in [3.8, 4) is 5.75 Å². The fraction of sp³-hybridized carbons (Fsp3) is 0.700. The largest absolute Gasteiger partial charge is 0.487 e. The third kappa shape index (κ3) is 9.51. The van der Waals surface area contributed by atoms with E-state index in [0.29, 0.717) is 6.61 Å². The van der Waals surface area contributed by atoms with Gasteiger partial charge in [0.1, 0.15) is 5.82 Å². The zero-order chi connectivity index (χ0) is 19.2. The molecule has 0 atom stereocenters. The highest BCUT2D eigenvalue weighted by Gasteiger charge is 2.18. The van der Waals surface area contributed by atoms with Crippen LogP contribution in [-0.4, -0.2) is 11.5 Å². The minimum absolute atomic E-state index is 0.00114. The summed E-state index contributed by atoms with van der Waals surface area (Å²) < 4.78 is 19.0. The molecule has 0 aliphatic carbocycles. The second-order valence-corrected chi connectivity index (χ2v) is 7.58. The lowest BCUT2D eigenvalue weighted by atomic mass is 10.1. The molecule has 0 aliphatic heterocycles. The summed E-state index contributed by atoms with van der Waals surface area (Å²) in [5.41, 5.74) is -0.211. The molecule has 6 heteroatoms. The van der Waals surface area contributed by atoms with Gasteiger partial charge in [-0.05, 0) is 22.4 Å². The number of nitrogens with zero attached hydrogens (tertiary/aromatic N) is 1. The second-order valence-electron chi connectivity index (χ2n) is 6.73. The highest BCUT2D eigenvalue weighted by molar-refractivity contribution is 9.10. The SMILES string of the molecule is CCCCCCCCCCCCCCOc1cc(F)c(Br)cc1[N+](=O)[O-]. The predicted molar refractivity (Wildman–Crippen MR) is 107 cm³/mol. The quantitative estimate of drug-likeness (QED) is 0.163. The van der Waals surface area contributed by atoms with Crippen molar-refractivity contribution in [1.82, 2.24) is 0 Å². The Bertz CT molecular complexity index is 540. The van der Waals surface area contributed by atoms with Crippen LogP contribution in [-0.2, 0) is 0 Å². The molecular weight excluding hydrogens is 401 g/mol. The summed E-state index contributed by atoms with van der Waals surface area (Å²) in [6.07, 6.45) is 14.9. The van der Waals surface area contributed by atoms with E-state index in [4.69, 9.17) is 4.74 Å². The summed E-state index contributed by atoms with van der Waals surface area (Å²) in [6.45, 7) is 2.61. The van der Waals surface area contributed by atoms with Crippen molar-refractivity contribution < 1.29 is 14.1 Å². The van der Waals surface area contributed by atoms with Crippen LogP contribution in [0.5, 0.6) is 5.75 Å². The van der Waals surface area contributed by atoms with Crippen LogP contribution in [0.2, 0.25) is 0 Å². The molecule has 0 N–H and O–H groups in total. The molecule has 0 spiro atoms. The second kappa shape index (κ2) is 14.0. The number of halogens is 2. The van der Waals surface area contributed by atoms with Gasteiger partial charge in [-0.2, -0.15) is 0 Å². The first-order chi connectivity index (χ1) is 12.6. The maximum Gasteiger partial charge on any atom is 0.312 e. The average molecular weight is 432 g/mol. The highest BCUT2D eigenvalue weighted by Crippen LogP contribution is 2.32. The molecule has 0 fully saturated rings. The van der Waals surface area contributed by atoms with E-state index >= 15 is 0 Å². The van der Waals surface area contributed by atoms with Gasteiger partial charge in [-0.25, -0.2) is 4.39 Å². The molecule has 0 saturated carbocycles. The van der Waals surface area contributed by atoms with Crippen LogP contribution < -0.4 is 4.74 Å². The molecule has 26 heavy (non-hydrogen) atoms. The normalized spacial score (nSPS) is 10.9. The summed E-state index contributed by atoms with van der Waals surface area (Å²) in [5.74, 6) is -0.556. The van der Waals surface area contributed by atoms with E-state index in [9.17, 15) is 14.5 Å². The molecule has 1 rings (SSSR count). The summed E-state index contributed by atoms with van der Waals surface area (Å²) in [6, 6.07) is 2.22. The Morgan fingerprint density at radius 2 is 1.46 bits per heavy atom. The molecule has 0 saturated heterocycles. The van der Waals surface area contributed by atoms with Gasteiger partial charge in [0.15, 0.2) is 5.75 Å².